The summed E-state index contributed by atoms with van der Waals surface area (Å²) in [7, 11) is -4.36. The molecule has 0 saturated carbocycles. The number of aryl methyl sites for hydroxylation is 2. The number of aromatic nitrogens is 3. The summed E-state index contributed by atoms with van der Waals surface area (Å²) in [5.74, 6) is -0.0495. The predicted molar refractivity (Wildman–Crippen MR) is 148 cm³/mol. The van der Waals surface area contributed by atoms with Crippen molar-refractivity contribution in [3.8, 4) is 17.0 Å². The van der Waals surface area contributed by atoms with Crippen LogP contribution in [-0.2, 0) is 16.3 Å². The van der Waals surface area contributed by atoms with Gasteiger partial charge in [-0.2, -0.15) is 4.98 Å². The lowest BCUT2D eigenvalue weighted by atomic mass is 10.0. The Balaban J connectivity index is 1.86. The van der Waals surface area contributed by atoms with Crippen LogP contribution in [0.5, 0.6) is 5.88 Å². The predicted octanol–water partition coefficient (Wildman–Crippen LogP) is 5.74. The molecule has 4 aromatic rings. The van der Waals surface area contributed by atoms with Gasteiger partial charge in [-0.3, -0.25) is 14.3 Å². The number of hydrogen-bond donors (Lipinski definition) is 1. The van der Waals surface area contributed by atoms with Crippen molar-refractivity contribution in [1.29, 1.82) is 0 Å². The summed E-state index contributed by atoms with van der Waals surface area (Å²) in [4.78, 5) is 21.6. The van der Waals surface area contributed by atoms with Crippen molar-refractivity contribution >= 4 is 9.84 Å². The van der Waals surface area contributed by atoms with E-state index in [0.29, 0.717) is 24.6 Å². The third-order valence-corrected chi connectivity index (χ3v) is 8.51. The van der Waals surface area contributed by atoms with Gasteiger partial charge >= 0.3 is 0 Å². The topological polar surface area (TPSA) is 102 Å². The van der Waals surface area contributed by atoms with Crippen molar-refractivity contribution in [2.24, 2.45) is 5.92 Å². The molecule has 0 aliphatic rings. The van der Waals surface area contributed by atoms with E-state index in [0.717, 1.165) is 28.7 Å². The highest BCUT2D eigenvalue weighted by molar-refractivity contribution is 7.91. The highest BCUT2D eigenvalue weighted by atomic mass is 32.2. The summed E-state index contributed by atoms with van der Waals surface area (Å²) in [5.41, 5.74) is 2.81. The molecule has 4 rings (SSSR count). The molecular formula is C30H33N3O4S. The average Bonchev–Trinajstić information content (AvgIpc) is 2.90. The monoisotopic (exact) mass is 531 g/mol. The molecule has 2 aromatic carbocycles. The van der Waals surface area contributed by atoms with Crippen molar-refractivity contribution in [1.82, 2.24) is 14.5 Å². The van der Waals surface area contributed by atoms with E-state index in [1.165, 1.54) is 16.7 Å². The zero-order valence-corrected chi connectivity index (χ0v) is 22.9. The van der Waals surface area contributed by atoms with Crippen LogP contribution in [0, 0.1) is 12.8 Å². The molecule has 0 spiro atoms. The highest BCUT2D eigenvalue weighted by Crippen LogP contribution is 2.30. The quantitative estimate of drug-likeness (QED) is 0.295. The van der Waals surface area contributed by atoms with E-state index in [-0.39, 0.29) is 4.90 Å². The first-order valence-electron chi connectivity index (χ1n) is 12.8. The van der Waals surface area contributed by atoms with E-state index in [1.54, 1.807) is 24.5 Å². The fourth-order valence-corrected chi connectivity index (χ4v) is 6.02. The molecule has 1 unspecified atom stereocenters. The molecule has 0 radical (unpaired) electrons. The van der Waals surface area contributed by atoms with Gasteiger partial charge in [0.1, 0.15) is 5.82 Å². The van der Waals surface area contributed by atoms with Crippen LogP contribution < -0.4 is 5.56 Å². The molecule has 0 fully saturated rings. The molecule has 0 aliphatic carbocycles. The average molecular weight is 532 g/mol. The fraction of sp³-hybridized carbons (Fsp3) is 0.300. The van der Waals surface area contributed by atoms with Gasteiger partial charge in [0.25, 0.3) is 5.56 Å². The third kappa shape index (κ3) is 5.41. The van der Waals surface area contributed by atoms with Crippen molar-refractivity contribution in [3.05, 3.63) is 100 Å². The smallest absolute Gasteiger partial charge is 0.277 e. The molecule has 1 atom stereocenters. The first kappa shape index (κ1) is 27.3. The first-order valence-corrected chi connectivity index (χ1v) is 14.3. The van der Waals surface area contributed by atoms with Crippen molar-refractivity contribution < 1.29 is 13.5 Å². The second-order valence-electron chi connectivity index (χ2n) is 9.84. The Labute approximate surface area is 223 Å². The minimum absolute atomic E-state index is 0.0867. The lowest BCUT2D eigenvalue weighted by molar-refractivity contribution is 0.403. The minimum atomic E-state index is -4.36. The van der Waals surface area contributed by atoms with Gasteiger partial charge in [0, 0.05) is 18.8 Å². The molecule has 2 aromatic heterocycles. The standard InChI is InChI=1S/C30H33N3O4S/c1-5-26(23-9-7-6-8-10-23)33-27(16-11-20(2)3)32-29(34)28(30(33)35)38(36,37)24-14-12-22(13-15-24)25-17-18-31-19-21(25)4/h6-10,12-15,17-20,26,34H,5,11,16H2,1-4H3. The molecule has 1 N–H and O–H groups in total. The summed E-state index contributed by atoms with van der Waals surface area (Å²) < 4.78 is 28.9. The van der Waals surface area contributed by atoms with E-state index in [4.69, 9.17) is 0 Å². The number of aromatic hydroxyl groups is 1. The Hall–Kier alpha value is -3.78. The lowest BCUT2D eigenvalue weighted by Gasteiger charge is -2.23. The van der Waals surface area contributed by atoms with Gasteiger partial charge in [0.2, 0.25) is 15.7 Å². The Morgan fingerprint density at radius 1 is 1.00 bits per heavy atom. The normalized spacial score (nSPS) is 12.6. The molecular weight excluding hydrogens is 498 g/mol. The third-order valence-electron chi connectivity index (χ3n) is 6.72. The Bertz CT molecular complexity index is 1580. The van der Waals surface area contributed by atoms with Gasteiger partial charge in [0.05, 0.1) is 10.9 Å². The van der Waals surface area contributed by atoms with Crippen LogP contribution in [0.4, 0.5) is 0 Å². The van der Waals surface area contributed by atoms with Gasteiger partial charge in [-0.25, -0.2) is 8.42 Å². The van der Waals surface area contributed by atoms with Crippen LogP contribution in [0.15, 0.2) is 87.6 Å². The molecule has 198 valence electrons. The second-order valence-corrected chi connectivity index (χ2v) is 11.7. The molecule has 2 heterocycles. The highest BCUT2D eigenvalue weighted by Gasteiger charge is 2.31. The van der Waals surface area contributed by atoms with E-state index in [9.17, 15) is 18.3 Å². The number of benzene rings is 2. The Kier molecular flexibility index (Phi) is 8.11. The molecule has 38 heavy (non-hydrogen) atoms. The van der Waals surface area contributed by atoms with Crippen LogP contribution in [0.25, 0.3) is 11.1 Å². The minimum Gasteiger partial charge on any atom is -0.492 e. The first-order chi connectivity index (χ1) is 18.1. The lowest BCUT2D eigenvalue weighted by Crippen LogP contribution is -2.33. The number of pyridine rings is 1. The molecule has 0 aliphatic heterocycles. The van der Waals surface area contributed by atoms with E-state index < -0.39 is 32.2 Å². The number of sulfone groups is 1. The van der Waals surface area contributed by atoms with Gasteiger partial charge in [-0.15, -0.1) is 0 Å². The largest absolute Gasteiger partial charge is 0.492 e. The number of hydrogen-bond acceptors (Lipinski definition) is 6. The summed E-state index contributed by atoms with van der Waals surface area (Å²) in [6.07, 6.45) is 5.13. The number of nitrogens with zero attached hydrogens (tertiary/aromatic N) is 3. The van der Waals surface area contributed by atoms with Gasteiger partial charge < -0.3 is 5.11 Å². The van der Waals surface area contributed by atoms with Gasteiger partial charge in [-0.05, 0) is 66.1 Å². The summed E-state index contributed by atoms with van der Waals surface area (Å²) in [6.45, 7) is 7.99. The molecule has 0 bridgehead atoms. The molecule has 0 amide bonds. The second kappa shape index (κ2) is 11.3. The SMILES string of the molecule is CCC(c1ccccc1)n1c(CCC(C)C)nc(O)c(S(=O)(=O)c2ccc(-c3ccncc3C)cc2)c1=O. The van der Waals surface area contributed by atoms with Crippen LogP contribution in [0.1, 0.15) is 56.6 Å². The van der Waals surface area contributed by atoms with E-state index in [2.05, 4.69) is 23.8 Å². The summed E-state index contributed by atoms with van der Waals surface area (Å²) in [5, 5.41) is 10.8. The maximum Gasteiger partial charge on any atom is 0.277 e. The maximum atomic E-state index is 14.0. The zero-order chi connectivity index (χ0) is 27.4. The van der Waals surface area contributed by atoms with Crippen LogP contribution in [0.3, 0.4) is 0 Å². The maximum absolute atomic E-state index is 14.0. The van der Waals surface area contributed by atoms with Crippen LogP contribution in [0.2, 0.25) is 0 Å². The Morgan fingerprint density at radius 2 is 1.68 bits per heavy atom. The van der Waals surface area contributed by atoms with Crippen molar-refractivity contribution in [2.45, 2.75) is 62.8 Å². The molecule has 8 heteroatoms. The summed E-state index contributed by atoms with van der Waals surface area (Å²) in [6, 6.07) is 17.2. The summed E-state index contributed by atoms with van der Waals surface area (Å²) >= 11 is 0. The van der Waals surface area contributed by atoms with E-state index in [1.807, 2.05) is 50.2 Å². The van der Waals surface area contributed by atoms with Gasteiger partial charge in [-0.1, -0.05) is 63.2 Å². The van der Waals surface area contributed by atoms with Crippen molar-refractivity contribution in [2.75, 3.05) is 0 Å². The van der Waals surface area contributed by atoms with Gasteiger partial charge in [0.15, 0.2) is 4.90 Å². The molecule has 0 saturated heterocycles. The molecule has 7 nitrogen and oxygen atoms in total. The zero-order valence-electron chi connectivity index (χ0n) is 22.1. The Morgan fingerprint density at radius 3 is 2.29 bits per heavy atom. The van der Waals surface area contributed by atoms with Crippen LogP contribution in [-0.4, -0.2) is 28.1 Å². The fourth-order valence-electron chi connectivity index (χ4n) is 4.67. The van der Waals surface area contributed by atoms with Crippen molar-refractivity contribution in [3.63, 3.8) is 0 Å². The number of rotatable bonds is 9. The van der Waals surface area contributed by atoms with Crippen LogP contribution >= 0.6 is 0 Å². The van der Waals surface area contributed by atoms with E-state index >= 15 is 0 Å².